The van der Waals surface area contributed by atoms with Gasteiger partial charge >= 0.3 is 0 Å². The Morgan fingerprint density at radius 1 is 1.46 bits per heavy atom. The maximum atomic E-state index is 5.18. The molecular formula is C10H9BrOS. The first-order valence-corrected chi connectivity index (χ1v) is 5.95. The van der Waals surface area contributed by atoms with Gasteiger partial charge in [-0.3, -0.25) is 0 Å². The first kappa shape index (κ1) is 9.03. The van der Waals surface area contributed by atoms with E-state index in [1.807, 2.05) is 6.07 Å². The van der Waals surface area contributed by atoms with E-state index in [0.29, 0.717) is 0 Å². The zero-order chi connectivity index (χ0) is 9.26. The Hall–Kier alpha value is -0.540. The Morgan fingerprint density at radius 2 is 2.31 bits per heavy atom. The lowest BCUT2D eigenvalue weighted by atomic mass is 10.2. The van der Waals surface area contributed by atoms with E-state index in [9.17, 15) is 0 Å². The third kappa shape index (κ3) is 1.58. The second-order valence-corrected chi connectivity index (χ2v) is 4.23. The molecule has 0 aliphatic carbocycles. The summed E-state index contributed by atoms with van der Waals surface area (Å²) in [5, 5.41) is 4.38. The molecule has 0 saturated carbocycles. The van der Waals surface area contributed by atoms with Crippen molar-refractivity contribution in [1.29, 1.82) is 0 Å². The van der Waals surface area contributed by atoms with E-state index in [0.717, 1.165) is 11.1 Å². The Morgan fingerprint density at radius 3 is 3.00 bits per heavy atom. The lowest BCUT2D eigenvalue weighted by Gasteiger charge is -1.99. The lowest BCUT2D eigenvalue weighted by Crippen LogP contribution is -1.81. The molecule has 0 radical (unpaired) electrons. The second kappa shape index (κ2) is 3.68. The van der Waals surface area contributed by atoms with E-state index >= 15 is 0 Å². The number of hydrogen-bond donors (Lipinski definition) is 0. The molecule has 0 unspecified atom stereocenters. The molecule has 1 aromatic heterocycles. The van der Waals surface area contributed by atoms with Crippen molar-refractivity contribution in [3.05, 3.63) is 29.1 Å². The van der Waals surface area contributed by atoms with Gasteiger partial charge < -0.3 is 4.74 Å². The van der Waals surface area contributed by atoms with Crippen molar-refractivity contribution >= 4 is 37.4 Å². The minimum atomic E-state index is 0.903. The van der Waals surface area contributed by atoms with E-state index < -0.39 is 0 Å². The van der Waals surface area contributed by atoms with Crippen molar-refractivity contribution < 1.29 is 4.74 Å². The third-order valence-electron chi connectivity index (χ3n) is 2.00. The Kier molecular flexibility index (Phi) is 2.56. The summed E-state index contributed by atoms with van der Waals surface area (Å²) >= 11 is 5.24. The highest BCUT2D eigenvalue weighted by atomic mass is 79.9. The molecule has 2 aromatic rings. The molecule has 13 heavy (non-hydrogen) atoms. The van der Waals surface area contributed by atoms with Crippen LogP contribution in [0.2, 0.25) is 0 Å². The summed E-state index contributed by atoms with van der Waals surface area (Å²) in [5.74, 6) is 0.924. The SMILES string of the molecule is COc1ccc2scc(CBr)c2c1. The van der Waals surface area contributed by atoms with Gasteiger partial charge in [0, 0.05) is 15.4 Å². The van der Waals surface area contributed by atoms with E-state index in [2.05, 4.69) is 33.4 Å². The van der Waals surface area contributed by atoms with Crippen LogP contribution >= 0.6 is 27.3 Å². The van der Waals surface area contributed by atoms with E-state index in [1.165, 1.54) is 15.6 Å². The summed E-state index contributed by atoms with van der Waals surface area (Å²) < 4.78 is 6.50. The normalized spacial score (nSPS) is 10.6. The summed E-state index contributed by atoms with van der Waals surface area (Å²) in [6.45, 7) is 0. The Bertz CT molecular complexity index is 422. The van der Waals surface area contributed by atoms with Gasteiger partial charge in [-0.1, -0.05) is 15.9 Å². The average Bonchev–Trinajstić information content (AvgIpc) is 2.59. The molecule has 68 valence electrons. The predicted octanol–water partition coefficient (Wildman–Crippen LogP) is 3.80. The predicted molar refractivity (Wildman–Crippen MR) is 61.0 cm³/mol. The summed E-state index contributed by atoms with van der Waals surface area (Å²) in [6, 6.07) is 6.18. The molecule has 0 saturated heterocycles. The number of methoxy groups -OCH3 is 1. The number of ether oxygens (including phenoxy) is 1. The lowest BCUT2D eigenvalue weighted by molar-refractivity contribution is 0.415. The van der Waals surface area contributed by atoms with Crippen LogP contribution in [-0.4, -0.2) is 7.11 Å². The van der Waals surface area contributed by atoms with Crippen molar-refractivity contribution in [2.75, 3.05) is 7.11 Å². The van der Waals surface area contributed by atoms with Gasteiger partial charge in [0.05, 0.1) is 7.11 Å². The van der Waals surface area contributed by atoms with Crippen LogP contribution in [0.15, 0.2) is 23.6 Å². The number of hydrogen-bond acceptors (Lipinski definition) is 2. The number of fused-ring (bicyclic) bond motifs is 1. The van der Waals surface area contributed by atoms with E-state index in [4.69, 9.17) is 4.74 Å². The maximum Gasteiger partial charge on any atom is 0.119 e. The summed E-state index contributed by atoms with van der Waals surface area (Å²) in [7, 11) is 1.70. The number of alkyl halides is 1. The smallest absolute Gasteiger partial charge is 0.119 e. The third-order valence-corrected chi connectivity index (χ3v) is 3.62. The minimum Gasteiger partial charge on any atom is -0.497 e. The molecule has 0 spiro atoms. The molecule has 1 aromatic carbocycles. The molecule has 0 amide bonds. The molecule has 0 aliphatic heterocycles. The van der Waals surface area contributed by atoms with Gasteiger partial charge in [0.15, 0.2) is 0 Å². The quantitative estimate of drug-likeness (QED) is 0.743. The van der Waals surface area contributed by atoms with Crippen molar-refractivity contribution in [3.8, 4) is 5.75 Å². The Labute approximate surface area is 89.5 Å². The van der Waals surface area contributed by atoms with Crippen LogP contribution in [-0.2, 0) is 5.33 Å². The molecule has 1 nitrogen and oxygen atoms in total. The van der Waals surface area contributed by atoms with Gasteiger partial charge in [0.2, 0.25) is 0 Å². The van der Waals surface area contributed by atoms with Crippen LogP contribution in [0.1, 0.15) is 5.56 Å². The summed E-state index contributed by atoms with van der Waals surface area (Å²) in [6.07, 6.45) is 0. The standard InChI is InChI=1S/C10H9BrOS/c1-12-8-2-3-10-9(4-8)7(5-11)6-13-10/h2-4,6H,5H2,1H3. The molecular weight excluding hydrogens is 248 g/mol. The fraction of sp³-hybridized carbons (Fsp3) is 0.200. The molecule has 2 rings (SSSR count). The van der Waals surface area contributed by atoms with Gasteiger partial charge in [0.1, 0.15) is 5.75 Å². The number of thiophene rings is 1. The number of benzene rings is 1. The number of halogens is 1. The van der Waals surface area contributed by atoms with Crippen molar-refractivity contribution in [2.45, 2.75) is 5.33 Å². The molecule has 0 N–H and O–H groups in total. The summed E-state index contributed by atoms with van der Waals surface area (Å²) in [4.78, 5) is 0. The zero-order valence-corrected chi connectivity index (χ0v) is 9.61. The second-order valence-electron chi connectivity index (χ2n) is 2.76. The zero-order valence-electron chi connectivity index (χ0n) is 7.21. The molecule has 0 aliphatic rings. The van der Waals surface area contributed by atoms with Crippen LogP contribution in [0, 0.1) is 0 Å². The van der Waals surface area contributed by atoms with Gasteiger partial charge in [-0.15, -0.1) is 11.3 Å². The molecule has 0 fully saturated rings. The fourth-order valence-electron chi connectivity index (χ4n) is 1.29. The highest BCUT2D eigenvalue weighted by Gasteiger charge is 2.03. The topological polar surface area (TPSA) is 9.23 Å². The van der Waals surface area contributed by atoms with Crippen molar-refractivity contribution in [3.63, 3.8) is 0 Å². The van der Waals surface area contributed by atoms with E-state index in [1.54, 1.807) is 18.4 Å². The highest BCUT2D eigenvalue weighted by molar-refractivity contribution is 9.08. The van der Waals surface area contributed by atoms with Crippen LogP contribution in [0.5, 0.6) is 5.75 Å². The van der Waals surface area contributed by atoms with Gasteiger partial charge in [0.25, 0.3) is 0 Å². The van der Waals surface area contributed by atoms with Crippen LogP contribution in [0.3, 0.4) is 0 Å². The van der Waals surface area contributed by atoms with Gasteiger partial charge in [-0.25, -0.2) is 0 Å². The molecule has 0 bridgehead atoms. The Balaban J connectivity index is 2.64. The minimum absolute atomic E-state index is 0.903. The summed E-state index contributed by atoms with van der Waals surface area (Å²) in [5.41, 5.74) is 1.33. The van der Waals surface area contributed by atoms with E-state index in [-0.39, 0.29) is 0 Å². The highest BCUT2D eigenvalue weighted by Crippen LogP contribution is 2.30. The first-order chi connectivity index (χ1) is 6.35. The number of rotatable bonds is 2. The van der Waals surface area contributed by atoms with Crippen LogP contribution in [0.25, 0.3) is 10.1 Å². The van der Waals surface area contributed by atoms with Crippen molar-refractivity contribution in [2.24, 2.45) is 0 Å². The average molecular weight is 257 g/mol. The molecule has 1 heterocycles. The fourth-order valence-corrected chi connectivity index (χ4v) is 2.91. The van der Waals surface area contributed by atoms with Gasteiger partial charge in [-0.05, 0) is 29.1 Å². The van der Waals surface area contributed by atoms with Crippen LogP contribution < -0.4 is 4.74 Å². The van der Waals surface area contributed by atoms with Crippen LogP contribution in [0.4, 0.5) is 0 Å². The molecule has 0 atom stereocenters. The van der Waals surface area contributed by atoms with Gasteiger partial charge in [-0.2, -0.15) is 0 Å². The molecule has 3 heteroatoms. The maximum absolute atomic E-state index is 5.18. The van der Waals surface area contributed by atoms with Crippen molar-refractivity contribution in [1.82, 2.24) is 0 Å². The first-order valence-electron chi connectivity index (χ1n) is 3.95. The monoisotopic (exact) mass is 256 g/mol. The largest absolute Gasteiger partial charge is 0.497 e.